The zero-order valence-corrected chi connectivity index (χ0v) is 16.3. The van der Waals surface area contributed by atoms with E-state index in [-0.39, 0.29) is 12.1 Å². The standard InChI is InChI=1S/C21H24N4O3/c1-21(2,3)28-20(27)24(13-14-7-5-4-6-8-14)16-11-18(26)23-25-17(15-9-10-15)12-22-19(16)25/h4-8,11-12,15H,9-10,13H2,1-3H3,(H,23,26). The maximum atomic E-state index is 13.0. The summed E-state index contributed by atoms with van der Waals surface area (Å²) in [4.78, 5) is 31.4. The van der Waals surface area contributed by atoms with Crippen LogP contribution in [0.5, 0.6) is 0 Å². The van der Waals surface area contributed by atoms with Crippen LogP contribution in [-0.2, 0) is 11.3 Å². The van der Waals surface area contributed by atoms with E-state index < -0.39 is 11.7 Å². The average Bonchev–Trinajstić information content (AvgIpc) is 3.38. The van der Waals surface area contributed by atoms with E-state index >= 15 is 0 Å². The third-order valence-corrected chi connectivity index (χ3v) is 4.59. The Hall–Kier alpha value is -3.09. The number of rotatable bonds is 4. The summed E-state index contributed by atoms with van der Waals surface area (Å²) < 4.78 is 7.33. The van der Waals surface area contributed by atoms with Crippen LogP contribution in [0.4, 0.5) is 10.5 Å². The Bertz CT molecular complexity index is 1060. The smallest absolute Gasteiger partial charge is 0.415 e. The number of carbonyl (C=O) groups excluding carboxylic acids is 1. The Labute approximate surface area is 162 Å². The van der Waals surface area contributed by atoms with Crippen molar-refractivity contribution >= 4 is 17.4 Å². The molecule has 0 bridgehead atoms. The number of nitrogens with zero attached hydrogens (tertiary/aromatic N) is 3. The second kappa shape index (κ2) is 6.82. The van der Waals surface area contributed by atoms with Crippen LogP contribution in [0.3, 0.4) is 0 Å². The van der Waals surface area contributed by atoms with Gasteiger partial charge in [0.2, 0.25) is 0 Å². The van der Waals surface area contributed by atoms with E-state index in [1.165, 1.54) is 11.0 Å². The highest BCUT2D eigenvalue weighted by Gasteiger charge is 2.30. The molecule has 0 saturated heterocycles. The minimum atomic E-state index is -0.655. The second-order valence-electron chi connectivity index (χ2n) is 8.17. The van der Waals surface area contributed by atoms with Crippen molar-refractivity contribution in [2.45, 2.75) is 51.7 Å². The summed E-state index contributed by atoms with van der Waals surface area (Å²) in [6, 6.07) is 11.0. The van der Waals surface area contributed by atoms with Gasteiger partial charge in [-0.1, -0.05) is 30.3 Å². The molecular weight excluding hydrogens is 356 g/mol. The molecule has 1 N–H and O–H groups in total. The summed E-state index contributed by atoms with van der Waals surface area (Å²) in [6.45, 7) is 5.74. The number of hydrogen-bond donors (Lipinski definition) is 1. The third kappa shape index (κ3) is 3.78. The fourth-order valence-electron chi connectivity index (χ4n) is 3.19. The molecule has 0 atom stereocenters. The number of hydrogen-bond acceptors (Lipinski definition) is 4. The lowest BCUT2D eigenvalue weighted by atomic mass is 10.2. The number of nitrogens with one attached hydrogen (secondary N) is 1. The number of anilines is 1. The third-order valence-electron chi connectivity index (χ3n) is 4.59. The van der Waals surface area contributed by atoms with E-state index in [9.17, 15) is 9.59 Å². The van der Waals surface area contributed by atoms with Gasteiger partial charge in [0, 0.05) is 12.0 Å². The van der Waals surface area contributed by atoms with Gasteiger partial charge < -0.3 is 4.74 Å². The molecule has 7 heteroatoms. The molecule has 4 rings (SSSR count). The SMILES string of the molecule is CC(C)(C)OC(=O)N(Cc1ccccc1)c1cc(=O)[nH]n2c(C3CC3)cnc12. The van der Waals surface area contributed by atoms with Crippen LogP contribution < -0.4 is 10.5 Å². The van der Waals surface area contributed by atoms with Crippen LogP contribution >= 0.6 is 0 Å². The lowest BCUT2D eigenvalue weighted by molar-refractivity contribution is 0.0577. The highest BCUT2D eigenvalue weighted by molar-refractivity contribution is 5.92. The van der Waals surface area contributed by atoms with Gasteiger partial charge in [0.05, 0.1) is 24.1 Å². The summed E-state index contributed by atoms with van der Waals surface area (Å²) in [5.74, 6) is 0.407. The average molecular weight is 380 g/mol. The van der Waals surface area contributed by atoms with Gasteiger partial charge >= 0.3 is 6.09 Å². The van der Waals surface area contributed by atoms with E-state index in [1.807, 2.05) is 51.1 Å². The Morgan fingerprint density at radius 1 is 1.29 bits per heavy atom. The van der Waals surface area contributed by atoms with Gasteiger partial charge in [-0.05, 0) is 39.2 Å². The van der Waals surface area contributed by atoms with Gasteiger partial charge in [-0.25, -0.2) is 14.3 Å². The lowest BCUT2D eigenvalue weighted by Crippen LogP contribution is -2.37. The van der Waals surface area contributed by atoms with Gasteiger partial charge in [-0.3, -0.25) is 14.8 Å². The van der Waals surface area contributed by atoms with E-state index in [0.29, 0.717) is 17.3 Å². The van der Waals surface area contributed by atoms with Crippen LogP contribution in [-0.4, -0.2) is 26.3 Å². The molecule has 3 aromatic rings. The van der Waals surface area contributed by atoms with Gasteiger partial charge in [-0.15, -0.1) is 0 Å². The largest absolute Gasteiger partial charge is 0.443 e. The maximum Gasteiger partial charge on any atom is 0.415 e. The first-order valence-corrected chi connectivity index (χ1v) is 9.47. The van der Waals surface area contributed by atoms with E-state index in [4.69, 9.17) is 4.74 Å². The topological polar surface area (TPSA) is 79.7 Å². The molecule has 146 valence electrons. The van der Waals surface area contributed by atoms with Crippen LogP contribution in [0, 0.1) is 0 Å². The van der Waals surface area contributed by atoms with Gasteiger partial charge in [0.25, 0.3) is 5.56 Å². The van der Waals surface area contributed by atoms with Crippen molar-refractivity contribution in [3.05, 3.63) is 64.2 Å². The summed E-state index contributed by atoms with van der Waals surface area (Å²) in [5.41, 5.74) is 1.94. The summed E-state index contributed by atoms with van der Waals surface area (Å²) in [6.07, 6.45) is 3.43. The minimum Gasteiger partial charge on any atom is -0.443 e. The first kappa shape index (κ1) is 18.3. The van der Waals surface area contributed by atoms with Crippen molar-refractivity contribution in [2.24, 2.45) is 0 Å². The highest BCUT2D eigenvalue weighted by atomic mass is 16.6. The Balaban J connectivity index is 1.81. The second-order valence-corrected chi connectivity index (χ2v) is 8.17. The number of aromatic amines is 1. The van der Waals surface area contributed by atoms with Crippen molar-refractivity contribution in [3.63, 3.8) is 0 Å². The quantitative estimate of drug-likeness (QED) is 0.746. The molecular formula is C21H24N4O3. The first-order chi connectivity index (χ1) is 13.3. The fraction of sp³-hybridized carbons (Fsp3) is 0.381. The van der Waals surface area contributed by atoms with Crippen LogP contribution in [0.1, 0.15) is 50.8 Å². The monoisotopic (exact) mass is 380 g/mol. The van der Waals surface area contributed by atoms with Gasteiger partial charge in [0.1, 0.15) is 5.60 Å². The molecule has 1 aromatic carbocycles. The van der Waals surface area contributed by atoms with Crippen molar-refractivity contribution in [1.29, 1.82) is 0 Å². The number of ether oxygens (including phenoxy) is 1. The lowest BCUT2D eigenvalue weighted by Gasteiger charge is -2.27. The Morgan fingerprint density at radius 3 is 2.64 bits per heavy atom. The predicted molar refractivity (Wildman–Crippen MR) is 107 cm³/mol. The molecule has 7 nitrogen and oxygen atoms in total. The Kier molecular flexibility index (Phi) is 4.45. The number of benzene rings is 1. The molecule has 1 saturated carbocycles. The Morgan fingerprint density at radius 2 is 2.00 bits per heavy atom. The van der Waals surface area contributed by atoms with Crippen molar-refractivity contribution in [3.8, 4) is 0 Å². The van der Waals surface area contributed by atoms with E-state index in [1.54, 1.807) is 10.7 Å². The maximum absolute atomic E-state index is 13.0. The number of imidazole rings is 1. The van der Waals surface area contributed by atoms with Gasteiger partial charge in [0.15, 0.2) is 5.65 Å². The molecule has 2 heterocycles. The summed E-state index contributed by atoms with van der Waals surface area (Å²) in [5, 5.41) is 2.83. The molecule has 0 spiro atoms. The molecule has 1 fully saturated rings. The zero-order valence-electron chi connectivity index (χ0n) is 16.3. The highest BCUT2D eigenvalue weighted by Crippen LogP contribution is 2.40. The molecule has 0 aliphatic heterocycles. The minimum absolute atomic E-state index is 0.278. The molecule has 1 amide bonds. The molecule has 1 aliphatic rings. The van der Waals surface area contributed by atoms with Crippen LogP contribution in [0.25, 0.3) is 5.65 Å². The molecule has 2 aromatic heterocycles. The molecule has 0 radical (unpaired) electrons. The number of fused-ring (bicyclic) bond motifs is 1. The number of H-pyrrole nitrogens is 1. The van der Waals surface area contributed by atoms with E-state index in [2.05, 4.69) is 10.1 Å². The van der Waals surface area contributed by atoms with Gasteiger partial charge in [-0.2, -0.15) is 0 Å². The molecule has 1 aliphatic carbocycles. The van der Waals surface area contributed by atoms with Crippen LogP contribution in [0.2, 0.25) is 0 Å². The number of carbonyl (C=O) groups is 1. The summed E-state index contributed by atoms with van der Waals surface area (Å²) >= 11 is 0. The van der Waals surface area contributed by atoms with E-state index in [0.717, 1.165) is 24.1 Å². The molecule has 28 heavy (non-hydrogen) atoms. The van der Waals surface area contributed by atoms with Crippen molar-refractivity contribution in [2.75, 3.05) is 4.90 Å². The molecule has 0 unspecified atom stereocenters. The zero-order chi connectivity index (χ0) is 19.9. The summed E-state index contributed by atoms with van der Waals surface area (Å²) in [7, 11) is 0. The normalized spacial score (nSPS) is 14.2. The van der Waals surface area contributed by atoms with Crippen molar-refractivity contribution in [1.82, 2.24) is 14.6 Å². The van der Waals surface area contributed by atoms with Crippen LogP contribution in [0.15, 0.2) is 47.4 Å². The predicted octanol–water partition coefficient (Wildman–Crippen LogP) is 3.84. The number of amides is 1. The first-order valence-electron chi connectivity index (χ1n) is 9.47. The van der Waals surface area contributed by atoms with Crippen molar-refractivity contribution < 1.29 is 9.53 Å². The number of aromatic nitrogens is 3. The fourth-order valence-corrected chi connectivity index (χ4v) is 3.19.